The first-order valence-electron chi connectivity index (χ1n) is 6.66. The molecular formula is C15H20ClNO. The number of hydrogen-bond donors (Lipinski definition) is 1. The van der Waals surface area contributed by atoms with E-state index in [1.165, 1.54) is 25.7 Å². The number of halogens is 1. The van der Waals surface area contributed by atoms with Crippen LogP contribution in [0.1, 0.15) is 48.5 Å². The molecule has 1 aromatic carbocycles. The Morgan fingerprint density at radius 3 is 2.50 bits per heavy atom. The van der Waals surface area contributed by atoms with Crippen LogP contribution in [-0.2, 0) is 5.88 Å². The van der Waals surface area contributed by atoms with Gasteiger partial charge >= 0.3 is 0 Å². The molecule has 98 valence electrons. The fraction of sp³-hybridized carbons (Fsp3) is 0.533. The predicted molar refractivity (Wildman–Crippen MR) is 74.9 cm³/mol. The average Bonchev–Trinajstić information content (AvgIpc) is 2.92. The molecule has 1 aromatic rings. The summed E-state index contributed by atoms with van der Waals surface area (Å²) >= 11 is 5.73. The van der Waals surface area contributed by atoms with Crippen LogP contribution < -0.4 is 5.32 Å². The molecule has 0 saturated heterocycles. The molecule has 1 aliphatic rings. The van der Waals surface area contributed by atoms with Crippen LogP contribution in [0.5, 0.6) is 0 Å². The Bertz CT molecular complexity index is 395. The number of carbonyl (C=O) groups is 1. The summed E-state index contributed by atoms with van der Waals surface area (Å²) in [6.45, 7) is 2.11. The van der Waals surface area contributed by atoms with Crippen LogP contribution in [0.25, 0.3) is 0 Å². The molecule has 0 radical (unpaired) electrons. The maximum absolute atomic E-state index is 12.1. The standard InChI is InChI=1S/C15H20ClNO/c1-11(13-4-2-3-5-13)17-15(18)14-8-6-12(10-16)7-9-14/h6-9,11,13H,2-5,10H2,1H3,(H,17,18)/t11-/m0/s1. The SMILES string of the molecule is C[C@H](NC(=O)c1ccc(CCl)cc1)C1CCCC1. The Hall–Kier alpha value is -1.02. The van der Waals surface area contributed by atoms with E-state index >= 15 is 0 Å². The van der Waals surface area contributed by atoms with E-state index in [2.05, 4.69) is 12.2 Å². The zero-order valence-corrected chi connectivity index (χ0v) is 11.5. The van der Waals surface area contributed by atoms with Gasteiger partial charge in [0.25, 0.3) is 5.91 Å². The fourth-order valence-electron chi connectivity index (χ4n) is 2.61. The van der Waals surface area contributed by atoms with Crippen LogP contribution >= 0.6 is 11.6 Å². The Morgan fingerprint density at radius 1 is 1.33 bits per heavy atom. The smallest absolute Gasteiger partial charge is 0.251 e. The van der Waals surface area contributed by atoms with Crippen molar-refractivity contribution < 1.29 is 4.79 Å². The van der Waals surface area contributed by atoms with Gasteiger partial charge in [0.15, 0.2) is 0 Å². The summed E-state index contributed by atoms with van der Waals surface area (Å²) < 4.78 is 0. The van der Waals surface area contributed by atoms with Crippen LogP contribution in [0.2, 0.25) is 0 Å². The Labute approximate surface area is 114 Å². The van der Waals surface area contributed by atoms with Crippen molar-refractivity contribution in [3.63, 3.8) is 0 Å². The molecule has 18 heavy (non-hydrogen) atoms. The first-order chi connectivity index (χ1) is 8.70. The fourth-order valence-corrected chi connectivity index (χ4v) is 2.79. The van der Waals surface area contributed by atoms with Gasteiger partial charge in [-0.1, -0.05) is 25.0 Å². The van der Waals surface area contributed by atoms with Gasteiger partial charge in [0, 0.05) is 17.5 Å². The van der Waals surface area contributed by atoms with Crippen molar-refractivity contribution in [3.05, 3.63) is 35.4 Å². The quantitative estimate of drug-likeness (QED) is 0.826. The number of hydrogen-bond acceptors (Lipinski definition) is 1. The topological polar surface area (TPSA) is 29.1 Å². The summed E-state index contributed by atoms with van der Waals surface area (Å²) in [7, 11) is 0. The molecule has 0 bridgehead atoms. The average molecular weight is 266 g/mol. The Morgan fingerprint density at radius 2 is 1.94 bits per heavy atom. The van der Waals surface area contributed by atoms with E-state index in [-0.39, 0.29) is 11.9 Å². The lowest BCUT2D eigenvalue weighted by Crippen LogP contribution is -2.37. The van der Waals surface area contributed by atoms with Gasteiger partial charge in [-0.3, -0.25) is 4.79 Å². The van der Waals surface area contributed by atoms with Gasteiger partial charge in [-0.25, -0.2) is 0 Å². The van der Waals surface area contributed by atoms with E-state index in [4.69, 9.17) is 11.6 Å². The molecule has 0 aromatic heterocycles. The highest BCUT2D eigenvalue weighted by atomic mass is 35.5. The lowest BCUT2D eigenvalue weighted by Gasteiger charge is -2.20. The second kappa shape index (κ2) is 6.24. The van der Waals surface area contributed by atoms with Crippen molar-refractivity contribution in [1.29, 1.82) is 0 Å². The van der Waals surface area contributed by atoms with Crippen molar-refractivity contribution >= 4 is 17.5 Å². The summed E-state index contributed by atoms with van der Waals surface area (Å²) in [6, 6.07) is 7.76. The molecule has 0 unspecified atom stereocenters. The van der Waals surface area contributed by atoms with E-state index in [1.54, 1.807) is 0 Å². The lowest BCUT2D eigenvalue weighted by molar-refractivity contribution is 0.0927. The minimum atomic E-state index is 0.0236. The second-order valence-electron chi connectivity index (χ2n) is 5.14. The van der Waals surface area contributed by atoms with Crippen molar-refractivity contribution in [2.75, 3.05) is 0 Å². The van der Waals surface area contributed by atoms with Crippen molar-refractivity contribution in [3.8, 4) is 0 Å². The van der Waals surface area contributed by atoms with Gasteiger partial charge in [-0.05, 0) is 43.4 Å². The molecule has 2 rings (SSSR count). The molecule has 1 atom stereocenters. The highest BCUT2D eigenvalue weighted by Gasteiger charge is 2.22. The number of benzene rings is 1. The summed E-state index contributed by atoms with van der Waals surface area (Å²) in [5.74, 6) is 1.16. The first kappa shape index (κ1) is 13.4. The molecule has 1 fully saturated rings. The molecule has 1 saturated carbocycles. The third-order valence-electron chi connectivity index (χ3n) is 3.84. The molecular weight excluding hydrogens is 246 g/mol. The molecule has 2 nitrogen and oxygen atoms in total. The second-order valence-corrected chi connectivity index (χ2v) is 5.40. The molecule has 3 heteroatoms. The van der Waals surface area contributed by atoms with Gasteiger partial charge in [-0.2, -0.15) is 0 Å². The Balaban J connectivity index is 1.93. The van der Waals surface area contributed by atoms with Gasteiger partial charge < -0.3 is 5.32 Å². The summed E-state index contributed by atoms with van der Waals surface area (Å²) in [6.07, 6.45) is 5.09. The van der Waals surface area contributed by atoms with Crippen LogP contribution in [0.4, 0.5) is 0 Å². The number of alkyl halides is 1. The molecule has 0 aliphatic heterocycles. The van der Waals surface area contributed by atoms with E-state index in [0.717, 1.165) is 5.56 Å². The van der Waals surface area contributed by atoms with Gasteiger partial charge in [0.05, 0.1) is 0 Å². The number of nitrogens with one attached hydrogen (secondary N) is 1. The van der Waals surface area contributed by atoms with Crippen molar-refractivity contribution in [2.24, 2.45) is 5.92 Å². The van der Waals surface area contributed by atoms with Crippen LogP contribution in [-0.4, -0.2) is 11.9 Å². The van der Waals surface area contributed by atoms with Crippen LogP contribution in [0.3, 0.4) is 0 Å². The zero-order chi connectivity index (χ0) is 13.0. The summed E-state index contributed by atoms with van der Waals surface area (Å²) in [4.78, 5) is 12.1. The molecule has 1 aliphatic carbocycles. The number of carbonyl (C=O) groups excluding carboxylic acids is 1. The van der Waals surface area contributed by atoms with Crippen LogP contribution in [0.15, 0.2) is 24.3 Å². The normalized spacial score (nSPS) is 17.7. The minimum Gasteiger partial charge on any atom is -0.349 e. The summed E-state index contributed by atoms with van der Waals surface area (Å²) in [5, 5.41) is 3.10. The number of amides is 1. The predicted octanol–water partition coefficient (Wildman–Crippen LogP) is 3.73. The monoisotopic (exact) mass is 265 g/mol. The molecule has 0 heterocycles. The third kappa shape index (κ3) is 3.26. The van der Waals surface area contributed by atoms with Gasteiger partial charge in [0.1, 0.15) is 0 Å². The van der Waals surface area contributed by atoms with E-state index < -0.39 is 0 Å². The molecule has 1 N–H and O–H groups in total. The lowest BCUT2D eigenvalue weighted by atomic mass is 9.99. The molecule has 0 spiro atoms. The Kier molecular flexibility index (Phi) is 4.65. The van der Waals surface area contributed by atoms with E-state index in [1.807, 2.05) is 24.3 Å². The van der Waals surface area contributed by atoms with Crippen molar-refractivity contribution in [2.45, 2.75) is 44.5 Å². The highest BCUT2D eigenvalue weighted by Crippen LogP contribution is 2.27. The maximum atomic E-state index is 12.1. The first-order valence-corrected chi connectivity index (χ1v) is 7.20. The van der Waals surface area contributed by atoms with Gasteiger partial charge in [-0.15, -0.1) is 11.6 Å². The molecule has 1 amide bonds. The minimum absolute atomic E-state index is 0.0236. The third-order valence-corrected chi connectivity index (χ3v) is 4.14. The maximum Gasteiger partial charge on any atom is 0.251 e. The zero-order valence-electron chi connectivity index (χ0n) is 10.8. The largest absolute Gasteiger partial charge is 0.349 e. The van der Waals surface area contributed by atoms with E-state index in [9.17, 15) is 4.79 Å². The summed E-state index contributed by atoms with van der Waals surface area (Å²) in [5.41, 5.74) is 1.76. The van der Waals surface area contributed by atoms with Gasteiger partial charge in [0.2, 0.25) is 0 Å². The van der Waals surface area contributed by atoms with Crippen LogP contribution in [0, 0.1) is 5.92 Å². The van der Waals surface area contributed by atoms with E-state index in [0.29, 0.717) is 17.4 Å². The van der Waals surface area contributed by atoms with Crippen molar-refractivity contribution in [1.82, 2.24) is 5.32 Å². The highest BCUT2D eigenvalue weighted by molar-refractivity contribution is 6.17. The number of rotatable bonds is 4.